The number of carbonyl (C=O) groups is 1. The molecule has 0 radical (unpaired) electrons. The average molecular weight is 222 g/mol. The number of carbonyl (C=O) groups excluding carboxylic acids is 1. The zero-order valence-corrected chi connectivity index (χ0v) is 9.12. The van der Waals surface area contributed by atoms with Gasteiger partial charge in [-0.25, -0.2) is 4.39 Å². The Bertz CT molecular complexity index is 353. The van der Waals surface area contributed by atoms with Crippen molar-refractivity contribution in [2.24, 2.45) is 0 Å². The van der Waals surface area contributed by atoms with Gasteiger partial charge in [0.1, 0.15) is 12.4 Å². The molecule has 1 aromatic rings. The van der Waals surface area contributed by atoms with Crippen LogP contribution in [0.2, 0.25) is 0 Å². The number of ether oxygens (including phenoxy) is 1. The van der Waals surface area contributed by atoms with Crippen molar-refractivity contribution in [1.82, 2.24) is 0 Å². The van der Waals surface area contributed by atoms with Crippen LogP contribution in [0.5, 0.6) is 0 Å². The molecule has 16 heavy (non-hydrogen) atoms. The summed E-state index contributed by atoms with van der Waals surface area (Å²) in [7, 11) is 0. The summed E-state index contributed by atoms with van der Waals surface area (Å²) in [5, 5.41) is 0. The molecule has 0 N–H and O–H groups in total. The average Bonchev–Trinajstić information content (AvgIpc) is 2.80. The monoisotopic (exact) mass is 222 g/mol. The maximum Gasteiger partial charge on any atom is 0.188 e. The van der Waals surface area contributed by atoms with E-state index >= 15 is 0 Å². The first kappa shape index (κ1) is 11.3. The van der Waals surface area contributed by atoms with Crippen LogP contribution in [0.4, 0.5) is 4.39 Å². The minimum Gasteiger partial charge on any atom is -0.370 e. The first-order valence-electron chi connectivity index (χ1n) is 5.66. The van der Waals surface area contributed by atoms with Crippen LogP contribution < -0.4 is 0 Å². The van der Waals surface area contributed by atoms with Gasteiger partial charge < -0.3 is 4.74 Å². The number of halogens is 1. The topological polar surface area (TPSA) is 26.3 Å². The quantitative estimate of drug-likeness (QED) is 0.732. The molecule has 0 aliphatic heterocycles. The molecule has 0 heterocycles. The van der Waals surface area contributed by atoms with E-state index in [-0.39, 0.29) is 24.3 Å². The van der Waals surface area contributed by atoms with Crippen LogP contribution >= 0.6 is 0 Å². The van der Waals surface area contributed by atoms with Gasteiger partial charge in [-0.05, 0) is 37.1 Å². The van der Waals surface area contributed by atoms with Crippen molar-refractivity contribution in [2.75, 3.05) is 6.61 Å². The highest BCUT2D eigenvalue weighted by atomic mass is 19.1. The number of rotatable bonds is 4. The zero-order valence-electron chi connectivity index (χ0n) is 9.12. The van der Waals surface area contributed by atoms with Crippen molar-refractivity contribution in [3.63, 3.8) is 0 Å². The molecule has 2 nitrogen and oxygen atoms in total. The Labute approximate surface area is 94.4 Å². The van der Waals surface area contributed by atoms with Gasteiger partial charge in [0.05, 0.1) is 6.10 Å². The second-order valence-corrected chi connectivity index (χ2v) is 4.15. The molecule has 1 aliphatic rings. The first-order valence-corrected chi connectivity index (χ1v) is 5.66. The maximum absolute atomic E-state index is 12.6. The van der Waals surface area contributed by atoms with Gasteiger partial charge in [0.25, 0.3) is 0 Å². The Kier molecular flexibility index (Phi) is 3.67. The molecule has 3 heteroatoms. The SMILES string of the molecule is O=C(COC1CCCC1)c1ccc(F)cc1. The first-order chi connectivity index (χ1) is 7.75. The molecule has 0 amide bonds. The lowest BCUT2D eigenvalue weighted by atomic mass is 10.1. The fourth-order valence-corrected chi connectivity index (χ4v) is 1.97. The molecule has 2 rings (SSSR count). The van der Waals surface area contributed by atoms with E-state index in [4.69, 9.17) is 4.74 Å². The van der Waals surface area contributed by atoms with Crippen LogP contribution in [0.1, 0.15) is 36.0 Å². The molecule has 1 saturated carbocycles. The van der Waals surface area contributed by atoms with E-state index in [1.165, 1.54) is 37.1 Å². The Morgan fingerprint density at radius 1 is 1.25 bits per heavy atom. The van der Waals surface area contributed by atoms with Gasteiger partial charge in [0, 0.05) is 5.56 Å². The lowest BCUT2D eigenvalue weighted by molar-refractivity contribution is 0.0482. The van der Waals surface area contributed by atoms with Gasteiger partial charge >= 0.3 is 0 Å². The largest absolute Gasteiger partial charge is 0.370 e. The van der Waals surface area contributed by atoms with Crippen molar-refractivity contribution in [3.05, 3.63) is 35.6 Å². The fourth-order valence-electron chi connectivity index (χ4n) is 1.97. The normalized spacial score (nSPS) is 16.6. The summed E-state index contributed by atoms with van der Waals surface area (Å²) in [6.07, 6.45) is 4.72. The summed E-state index contributed by atoms with van der Waals surface area (Å²) in [5.41, 5.74) is 0.513. The number of hydrogen-bond donors (Lipinski definition) is 0. The van der Waals surface area contributed by atoms with Crippen LogP contribution in [0, 0.1) is 5.82 Å². The summed E-state index contributed by atoms with van der Waals surface area (Å²) >= 11 is 0. The molecule has 0 saturated heterocycles. The molecular weight excluding hydrogens is 207 g/mol. The molecule has 0 bridgehead atoms. The lowest BCUT2D eigenvalue weighted by Gasteiger charge is -2.09. The van der Waals surface area contributed by atoms with Crippen LogP contribution in [0.15, 0.2) is 24.3 Å². The summed E-state index contributed by atoms with van der Waals surface area (Å²) in [6, 6.07) is 5.58. The number of hydrogen-bond acceptors (Lipinski definition) is 2. The van der Waals surface area contributed by atoms with Gasteiger partial charge in [-0.3, -0.25) is 4.79 Å². The molecule has 0 atom stereocenters. The number of benzene rings is 1. The molecule has 0 spiro atoms. The Hall–Kier alpha value is -1.22. The van der Waals surface area contributed by atoms with Crippen molar-refractivity contribution in [3.8, 4) is 0 Å². The standard InChI is InChI=1S/C13H15FO2/c14-11-7-5-10(6-8-11)13(15)9-16-12-3-1-2-4-12/h5-8,12H,1-4,9H2. The predicted octanol–water partition coefficient (Wildman–Crippen LogP) is 2.97. The molecule has 0 aromatic heterocycles. The van der Waals surface area contributed by atoms with Gasteiger partial charge in [-0.2, -0.15) is 0 Å². The van der Waals surface area contributed by atoms with Crippen LogP contribution in [-0.4, -0.2) is 18.5 Å². The van der Waals surface area contributed by atoms with E-state index in [0.29, 0.717) is 5.56 Å². The van der Waals surface area contributed by atoms with E-state index in [1.54, 1.807) is 0 Å². The maximum atomic E-state index is 12.6. The number of ketones is 1. The van der Waals surface area contributed by atoms with E-state index < -0.39 is 0 Å². The van der Waals surface area contributed by atoms with Crippen molar-refractivity contribution >= 4 is 5.78 Å². The van der Waals surface area contributed by atoms with Gasteiger partial charge in [-0.15, -0.1) is 0 Å². The fraction of sp³-hybridized carbons (Fsp3) is 0.462. The minimum absolute atomic E-state index is 0.0769. The molecule has 1 fully saturated rings. The number of Topliss-reactive ketones (excluding diaryl/α,β-unsaturated/α-hetero) is 1. The van der Waals surface area contributed by atoms with Crippen molar-refractivity contribution < 1.29 is 13.9 Å². The van der Waals surface area contributed by atoms with Gasteiger partial charge in [-0.1, -0.05) is 12.8 Å². The van der Waals surface area contributed by atoms with Crippen molar-refractivity contribution in [2.45, 2.75) is 31.8 Å². The molecule has 0 unspecified atom stereocenters. The third kappa shape index (κ3) is 2.89. The minimum atomic E-state index is -0.326. The van der Waals surface area contributed by atoms with E-state index in [9.17, 15) is 9.18 Å². The van der Waals surface area contributed by atoms with Gasteiger partial charge in [0.15, 0.2) is 5.78 Å². The summed E-state index contributed by atoms with van der Waals surface area (Å²) in [5.74, 6) is -0.403. The van der Waals surface area contributed by atoms with Crippen LogP contribution in [-0.2, 0) is 4.74 Å². The zero-order chi connectivity index (χ0) is 11.4. The second-order valence-electron chi connectivity index (χ2n) is 4.15. The smallest absolute Gasteiger partial charge is 0.188 e. The molecule has 1 aliphatic carbocycles. The van der Waals surface area contributed by atoms with E-state index in [2.05, 4.69) is 0 Å². The summed E-state index contributed by atoms with van der Waals surface area (Å²) in [4.78, 5) is 11.7. The highest BCUT2D eigenvalue weighted by molar-refractivity contribution is 5.97. The Morgan fingerprint density at radius 2 is 1.88 bits per heavy atom. The summed E-state index contributed by atoms with van der Waals surface area (Å²) < 4.78 is 18.1. The highest BCUT2D eigenvalue weighted by Crippen LogP contribution is 2.21. The van der Waals surface area contributed by atoms with Crippen molar-refractivity contribution in [1.29, 1.82) is 0 Å². The van der Waals surface area contributed by atoms with Crippen LogP contribution in [0.25, 0.3) is 0 Å². The van der Waals surface area contributed by atoms with E-state index in [0.717, 1.165) is 12.8 Å². The third-order valence-electron chi connectivity index (χ3n) is 2.92. The predicted molar refractivity (Wildman–Crippen MR) is 58.9 cm³/mol. The van der Waals surface area contributed by atoms with Gasteiger partial charge in [0.2, 0.25) is 0 Å². The Balaban J connectivity index is 1.85. The third-order valence-corrected chi connectivity index (χ3v) is 2.92. The highest BCUT2D eigenvalue weighted by Gasteiger charge is 2.17. The Morgan fingerprint density at radius 3 is 2.50 bits per heavy atom. The molecule has 86 valence electrons. The lowest BCUT2D eigenvalue weighted by Crippen LogP contribution is -2.15. The van der Waals surface area contributed by atoms with Crippen LogP contribution in [0.3, 0.4) is 0 Å². The summed E-state index contributed by atoms with van der Waals surface area (Å²) in [6.45, 7) is 0.107. The molecular formula is C13H15FO2. The molecule has 1 aromatic carbocycles. The second kappa shape index (κ2) is 5.21. The van der Waals surface area contributed by atoms with E-state index in [1.807, 2.05) is 0 Å².